The molecule has 1 rings (SSSR count). The van der Waals surface area contributed by atoms with Gasteiger partial charge in [-0.2, -0.15) is 0 Å². The van der Waals surface area contributed by atoms with Gasteiger partial charge in [0.15, 0.2) is 11.9 Å². The maximum absolute atomic E-state index is 12.1. The highest BCUT2D eigenvalue weighted by Gasteiger charge is 2.19. The summed E-state index contributed by atoms with van der Waals surface area (Å²) in [5.41, 5.74) is 0.472. The summed E-state index contributed by atoms with van der Waals surface area (Å²) in [5.74, 6) is 0.151. The van der Waals surface area contributed by atoms with E-state index in [4.69, 9.17) is 4.74 Å². The van der Waals surface area contributed by atoms with Gasteiger partial charge in [-0.15, -0.1) is 0 Å². The maximum atomic E-state index is 12.1. The summed E-state index contributed by atoms with van der Waals surface area (Å²) in [6.07, 6.45) is 1.28. The molecule has 5 heteroatoms. The van der Waals surface area contributed by atoms with E-state index in [0.717, 1.165) is 17.3 Å². The summed E-state index contributed by atoms with van der Waals surface area (Å²) in [5, 5.41) is 2.90. The van der Waals surface area contributed by atoms with E-state index in [2.05, 4.69) is 28.2 Å². The highest BCUT2D eigenvalue weighted by molar-refractivity contribution is 9.10. The first-order valence-corrected chi connectivity index (χ1v) is 7.92. The molecule has 0 spiro atoms. The average Bonchev–Trinajstić information content (AvgIpc) is 2.38. The molecule has 2 atom stereocenters. The van der Waals surface area contributed by atoms with Gasteiger partial charge >= 0.3 is 0 Å². The molecule has 0 aliphatic heterocycles. The number of halogens is 1. The van der Waals surface area contributed by atoms with Gasteiger partial charge in [-0.25, -0.2) is 0 Å². The molecule has 0 aromatic heterocycles. The number of benzene rings is 1. The fraction of sp³-hybridized carbons (Fsp3) is 0.500. The Bertz CT molecular complexity index is 516. The van der Waals surface area contributed by atoms with E-state index in [-0.39, 0.29) is 17.7 Å². The number of Topliss-reactive ketones (excluding diaryl/α,β-unsaturated/α-hetero) is 1. The molecule has 2 unspecified atom stereocenters. The van der Waals surface area contributed by atoms with E-state index in [0.29, 0.717) is 11.3 Å². The molecule has 116 valence electrons. The molecule has 0 radical (unpaired) electrons. The number of ether oxygens (including phenoxy) is 1. The van der Waals surface area contributed by atoms with Crippen molar-refractivity contribution >= 4 is 27.6 Å². The fourth-order valence-corrected chi connectivity index (χ4v) is 2.33. The van der Waals surface area contributed by atoms with E-state index >= 15 is 0 Å². The number of carbonyl (C=O) groups is 2. The Morgan fingerprint density at radius 3 is 2.57 bits per heavy atom. The van der Waals surface area contributed by atoms with E-state index in [1.54, 1.807) is 25.1 Å². The molecule has 0 saturated carbocycles. The Hall–Kier alpha value is -1.36. The number of rotatable bonds is 7. The first kappa shape index (κ1) is 17.7. The topological polar surface area (TPSA) is 55.4 Å². The second kappa shape index (κ2) is 8.17. The van der Waals surface area contributed by atoms with Crippen molar-refractivity contribution in [2.45, 2.75) is 52.7 Å². The van der Waals surface area contributed by atoms with Crippen LogP contribution in [0.2, 0.25) is 0 Å². The van der Waals surface area contributed by atoms with E-state index in [9.17, 15) is 9.59 Å². The Morgan fingerprint density at radius 1 is 1.33 bits per heavy atom. The zero-order valence-electron chi connectivity index (χ0n) is 12.9. The monoisotopic (exact) mass is 355 g/mol. The molecule has 0 saturated heterocycles. The van der Waals surface area contributed by atoms with Crippen LogP contribution < -0.4 is 10.1 Å². The van der Waals surface area contributed by atoms with E-state index in [1.807, 2.05) is 6.92 Å². The predicted molar refractivity (Wildman–Crippen MR) is 86.7 cm³/mol. The molecule has 1 aromatic rings. The third-order valence-electron chi connectivity index (χ3n) is 3.11. The van der Waals surface area contributed by atoms with Crippen LogP contribution in [0.25, 0.3) is 0 Å². The largest absolute Gasteiger partial charge is 0.480 e. The van der Waals surface area contributed by atoms with Crippen molar-refractivity contribution < 1.29 is 14.3 Å². The lowest BCUT2D eigenvalue weighted by molar-refractivity contribution is -0.127. The van der Waals surface area contributed by atoms with Crippen molar-refractivity contribution in [1.29, 1.82) is 0 Å². The Kier molecular flexibility index (Phi) is 6.89. The normalized spacial score (nSPS) is 13.4. The van der Waals surface area contributed by atoms with Crippen LogP contribution in [0.5, 0.6) is 5.75 Å². The minimum atomic E-state index is -0.656. The zero-order valence-corrected chi connectivity index (χ0v) is 14.5. The molecular formula is C16H22BrNO3. The molecule has 0 aliphatic rings. The van der Waals surface area contributed by atoms with Crippen molar-refractivity contribution in [2.24, 2.45) is 0 Å². The van der Waals surface area contributed by atoms with Gasteiger partial charge in [-0.3, -0.25) is 9.59 Å². The Balaban J connectivity index is 2.78. The SMILES string of the molecule is CCCC(C)NC(=O)C(C)Oc1cc(Br)ccc1C(C)=O. The van der Waals surface area contributed by atoms with Crippen molar-refractivity contribution in [3.63, 3.8) is 0 Å². The lowest BCUT2D eigenvalue weighted by Crippen LogP contribution is -2.41. The Labute approximate surface area is 134 Å². The number of amides is 1. The number of nitrogens with one attached hydrogen (secondary N) is 1. The number of hydrogen-bond acceptors (Lipinski definition) is 3. The molecule has 1 aromatic carbocycles. The van der Waals surface area contributed by atoms with Crippen molar-refractivity contribution in [1.82, 2.24) is 5.32 Å². The van der Waals surface area contributed by atoms with Gasteiger partial charge in [-0.05, 0) is 45.4 Å². The summed E-state index contributed by atoms with van der Waals surface area (Å²) in [6, 6.07) is 5.28. The summed E-state index contributed by atoms with van der Waals surface area (Å²) in [6.45, 7) is 7.19. The molecule has 1 N–H and O–H groups in total. The minimum absolute atomic E-state index is 0.0931. The Morgan fingerprint density at radius 2 is 2.00 bits per heavy atom. The van der Waals surface area contributed by atoms with Crippen LogP contribution in [0.1, 0.15) is 50.9 Å². The highest BCUT2D eigenvalue weighted by Crippen LogP contribution is 2.25. The molecule has 4 nitrogen and oxygen atoms in total. The van der Waals surface area contributed by atoms with Gasteiger partial charge in [0, 0.05) is 10.5 Å². The summed E-state index contributed by atoms with van der Waals surface area (Å²) in [7, 11) is 0. The van der Waals surface area contributed by atoms with Gasteiger partial charge in [0.25, 0.3) is 5.91 Å². The van der Waals surface area contributed by atoms with Crippen LogP contribution in [0.4, 0.5) is 0 Å². The predicted octanol–water partition coefficient (Wildman–Crippen LogP) is 3.72. The first-order valence-electron chi connectivity index (χ1n) is 7.12. The maximum Gasteiger partial charge on any atom is 0.260 e. The summed E-state index contributed by atoms with van der Waals surface area (Å²) < 4.78 is 6.47. The smallest absolute Gasteiger partial charge is 0.260 e. The third kappa shape index (κ3) is 5.50. The van der Waals surface area contributed by atoms with E-state index in [1.165, 1.54) is 6.92 Å². The van der Waals surface area contributed by atoms with Gasteiger partial charge in [0.1, 0.15) is 5.75 Å². The van der Waals surface area contributed by atoms with Crippen molar-refractivity contribution in [3.8, 4) is 5.75 Å². The van der Waals surface area contributed by atoms with Crippen LogP contribution in [-0.2, 0) is 4.79 Å². The quantitative estimate of drug-likeness (QED) is 0.758. The molecule has 21 heavy (non-hydrogen) atoms. The van der Waals surface area contributed by atoms with Crippen LogP contribution in [0, 0.1) is 0 Å². The standard InChI is InChI=1S/C16H22BrNO3/c1-5-6-10(2)18-16(20)12(4)21-15-9-13(17)7-8-14(15)11(3)19/h7-10,12H,5-6H2,1-4H3,(H,18,20). The van der Waals surface area contributed by atoms with E-state index < -0.39 is 6.10 Å². The lowest BCUT2D eigenvalue weighted by Gasteiger charge is -2.19. The van der Waals surface area contributed by atoms with Gasteiger partial charge in [0.05, 0.1) is 5.56 Å². The number of hydrogen-bond donors (Lipinski definition) is 1. The third-order valence-corrected chi connectivity index (χ3v) is 3.60. The molecule has 0 heterocycles. The van der Waals surface area contributed by atoms with Gasteiger partial charge in [0.2, 0.25) is 0 Å². The minimum Gasteiger partial charge on any atom is -0.480 e. The van der Waals surface area contributed by atoms with Crippen LogP contribution in [0.15, 0.2) is 22.7 Å². The van der Waals surface area contributed by atoms with Crippen molar-refractivity contribution in [3.05, 3.63) is 28.2 Å². The number of carbonyl (C=O) groups excluding carboxylic acids is 2. The van der Waals surface area contributed by atoms with Gasteiger partial charge in [-0.1, -0.05) is 29.3 Å². The zero-order chi connectivity index (χ0) is 16.0. The summed E-state index contributed by atoms with van der Waals surface area (Å²) >= 11 is 3.34. The number of ketones is 1. The average molecular weight is 356 g/mol. The molecule has 0 bridgehead atoms. The lowest BCUT2D eigenvalue weighted by atomic mass is 10.1. The van der Waals surface area contributed by atoms with Crippen molar-refractivity contribution in [2.75, 3.05) is 0 Å². The van der Waals surface area contributed by atoms with Gasteiger partial charge < -0.3 is 10.1 Å². The van der Waals surface area contributed by atoms with Crippen LogP contribution in [-0.4, -0.2) is 23.8 Å². The van der Waals surface area contributed by atoms with Crippen LogP contribution in [0.3, 0.4) is 0 Å². The second-order valence-corrected chi connectivity index (χ2v) is 6.07. The van der Waals surface area contributed by atoms with Crippen LogP contribution >= 0.6 is 15.9 Å². The molecule has 0 aliphatic carbocycles. The summed E-state index contributed by atoms with van der Waals surface area (Å²) in [4.78, 5) is 23.7. The first-order chi connectivity index (χ1) is 9.85. The highest BCUT2D eigenvalue weighted by atomic mass is 79.9. The second-order valence-electron chi connectivity index (χ2n) is 5.16. The molecule has 0 fully saturated rings. The fourth-order valence-electron chi connectivity index (χ4n) is 1.99. The molecule has 1 amide bonds. The molecular weight excluding hydrogens is 334 g/mol.